The molecule has 0 aliphatic heterocycles. The van der Waals surface area contributed by atoms with E-state index in [9.17, 15) is 4.79 Å². The molecule has 0 saturated heterocycles. The molecule has 1 heterocycles. The first-order valence-corrected chi connectivity index (χ1v) is 7.50. The highest BCUT2D eigenvalue weighted by atomic mass is 79.9. The number of halogens is 2. The van der Waals surface area contributed by atoms with Gasteiger partial charge < -0.3 is 9.47 Å². The number of carbonyl (C=O) groups is 1. The molecule has 0 fully saturated rings. The van der Waals surface area contributed by atoms with Crippen LogP contribution in [0.1, 0.15) is 6.42 Å². The Hall–Kier alpha value is -1.33. The molecule has 0 aliphatic rings. The first-order valence-electron chi connectivity index (χ1n) is 6.00. The molecule has 1 aromatic carbocycles. The van der Waals surface area contributed by atoms with Crippen molar-refractivity contribution >= 4 is 44.3 Å². The van der Waals surface area contributed by atoms with E-state index in [1.807, 2.05) is 18.2 Å². The lowest BCUT2D eigenvalue weighted by Gasteiger charge is -2.16. The molecule has 2 aromatic rings. The third-order valence-electron chi connectivity index (χ3n) is 2.80. The van der Waals surface area contributed by atoms with Crippen molar-refractivity contribution in [3.63, 3.8) is 0 Å². The van der Waals surface area contributed by atoms with E-state index in [-0.39, 0.29) is 0 Å². The Balaban J connectivity index is 2.26. The SMILES string of the molecule is COC(=O)C(CCBr)Oc1ccc2c(Cl)nccc2c1. The van der Waals surface area contributed by atoms with Crippen LogP contribution in [0.3, 0.4) is 0 Å². The Labute approximate surface area is 130 Å². The van der Waals surface area contributed by atoms with Crippen molar-refractivity contribution in [1.82, 2.24) is 4.98 Å². The van der Waals surface area contributed by atoms with Gasteiger partial charge in [0, 0.05) is 23.3 Å². The van der Waals surface area contributed by atoms with Crippen LogP contribution in [0, 0.1) is 0 Å². The summed E-state index contributed by atoms with van der Waals surface area (Å²) in [6.07, 6.45) is 1.53. The largest absolute Gasteiger partial charge is 0.479 e. The van der Waals surface area contributed by atoms with Gasteiger partial charge in [0.15, 0.2) is 6.10 Å². The predicted octanol–water partition coefficient (Wildman–Crippen LogP) is 3.59. The van der Waals surface area contributed by atoms with E-state index in [0.29, 0.717) is 22.7 Å². The third kappa shape index (κ3) is 3.41. The number of esters is 1. The second-order valence-electron chi connectivity index (χ2n) is 4.09. The zero-order valence-electron chi connectivity index (χ0n) is 10.8. The minimum absolute atomic E-state index is 0.391. The lowest BCUT2D eigenvalue weighted by Crippen LogP contribution is -2.29. The van der Waals surface area contributed by atoms with Crippen LogP contribution in [0.2, 0.25) is 5.15 Å². The van der Waals surface area contributed by atoms with Gasteiger partial charge >= 0.3 is 5.97 Å². The van der Waals surface area contributed by atoms with E-state index >= 15 is 0 Å². The fraction of sp³-hybridized carbons (Fsp3) is 0.286. The molecule has 1 aromatic heterocycles. The van der Waals surface area contributed by atoms with Crippen molar-refractivity contribution in [3.8, 4) is 5.75 Å². The Morgan fingerprint density at radius 3 is 2.95 bits per heavy atom. The van der Waals surface area contributed by atoms with Crippen molar-refractivity contribution in [2.24, 2.45) is 0 Å². The Kier molecular flexibility index (Phi) is 5.20. The van der Waals surface area contributed by atoms with E-state index in [1.54, 1.807) is 12.3 Å². The van der Waals surface area contributed by atoms with Crippen molar-refractivity contribution in [1.29, 1.82) is 0 Å². The molecule has 0 N–H and O–H groups in total. The number of rotatable bonds is 5. The highest BCUT2D eigenvalue weighted by Crippen LogP contribution is 2.26. The van der Waals surface area contributed by atoms with Gasteiger partial charge in [0.2, 0.25) is 0 Å². The van der Waals surface area contributed by atoms with E-state index in [4.69, 9.17) is 21.1 Å². The number of hydrogen-bond donors (Lipinski definition) is 0. The molecule has 20 heavy (non-hydrogen) atoms. The maximum Gasteiger partial charge on any atom is 0.347 e. The lowest BCUT2D eigenvalue weighted by molar-refractivity contribution is -0.148. The number of methoxy groups -OCH3 is 1. The molecule has 6 heteroatoms. The summed E-state index contributed by atoms with van der Waals surface area (Å²) in [6.45, 7) is 0. The number of nitrogens with zero attached hydrogens (tertiary/aromatic N) is 1. The first kappa shape index (κ1) is 15.1. The van der Waals surface area contributed by atoms with Gasteiger partial charge in [-0.1, -0.05) is 27.5 Å². The van der Waals surface area contributed by atoms with E-state index < -0.39 is 12.1 Å². The number of fused-ring (bicyclic) bond motifs is 1. The lowest BCUT2D eigenvalue weighted by atomic mass is 10.1. The van der Waals surface area contributed by atoms with Gasteiger partial charge in [0.25, 0.3) is 0 Å². The van der Waals surface area contributed by atoms with Crippen LogP contribution < -0.4 is 4.74 Å². The maximum atomic E-state index is 11.6. The van der Waals surface area contributed by atoms with Gasteiger partial charge in [-0.25, -0.2) is 9.78 Å². The summed E-state index contributed by atoms with van der Waals surface area (Å²) >= 11 is 9.30. The molecular weight excluding hydrogens is 346 g/mol. The molecule has 0 amide bonds. The molecule has 2 rings (SSSR count). The molecule has 0 saturated carbocycles. The van der Waals surface area contributed by atoms with E-state index in [0.717, 1.165) is 10.8 Å². The molecule has 0 bridgehead atoms. The molecule has 1 unspecified atom stereocenters. The molecule has 106 valence electrons. The zero-order valence-corrected chi connectivity index (χ0v) is 13.1. The summed E-state index contributed by atoms with van der Waals surface area (Å²) in [5.41, 5.74) is 0. The number of aromatic nitrogens is 1. The number of benzene rings is 1. The van der Waals surface area contributed by atoms with Gasteiger partial charge in [0.05, 0.1) is 7.11 Å². The summed E-state index contributed by atoms with van der Waals surface area (Å²) in [6, 6.07) is 7.25. The maximum absolute atomic E-state index is 11.6. The monoisotopic (exact) mass is 357 g/mol. The van der Waals surface area contributed by atoms with Gasteiger partial charge in [-0.3, -0.25) is 0 Å². The van der Waals surface area contributed by atoms with Crippen LogP contribution in [0.5, 0.6) is 5.75 Å². The van der Waals surface area contributed by atoms with Gasteiger partial charge in [-0.2, -0.15) is 0 Å². The van der Waals surface area contributed by atoms with Crippen LogP contribution in [0.15, 0.2) is 30.5 Å². The minimum atomic E-state index is -0.630. The number of alkyl halides is 1. The second kappa shape index (κ2) is 6.90. The highest BCUT2D eigenvalue weighted by molar-refractivity contribution is 9.09. The number of pyridine rings is 1. The Morgan fingerprint density at radius 1 is 1.45 bits per heavy atom. The van der Waals surface area contributed by atoms with Crippen LogP contribution in [-0.2, 0) is 9.53 Å². The fourth-order valence-electron chi connectivity index (χ4n) is 1.81. The molecule has 1 atom stereocenters. The highest BCUT2D eigenvalue weighted by Gasteiger charge is 2.20. The summed E-state index contributed by atoms with van der Waals surface area (Å²) in [4.78, 5) is 15.6. The molecule has 0 aliphatic carbocycles. The summed E-state index contributed by atoms with van der Waals surface area (Å²) < 4.78 is 10.4. The zero-order chi connectivity index (χ0) is 14.5. The quantitative estimate of drug-likeness (QED) is 0.465. The fourth-order valence-corrected chi connectivity index (χ4v) is 2.46. The minimum Gasteiger partial charge on any atom is -0.479 e. The average Bonchev–Trinajstić information content (AvgIpc) is 2.46. The van der Waals surface area contributed by atoms with Crippen LogP contribution in [-0.4, -0.2) is 29.5 Å². The molecular formula is C14H13BrClNO3. The van der Waals surface area contributed by atoms with E-state index in [2.05, 4.69) is 20.9 Å². The smallest absolute Gasteiger partial charge is 0.347 e. The summed E-state index contributed by atoms with van der Waals surface area (Å²) in [7, 11) is 1.35. The predicted molar refractivity (Wildman–Crippen MR) is 81.6 cm³/mol. The van der Waals surface area contributed by atoms with Crippen molar-refractivity contribution < 1.29 is 14.3 Å². The normalized spacial score (nSPS) is 12.2. The molecule has 0 spiro atoms. The topological polar surface area (TPSA) is 48.4 Å². The molecule has 0 radical (unpaired) electrons. The average molecular weight is 359 g/mol. The van der Waals surface area contributed by atoms with Crippen molar-refractivity contribution in [3.05, 3.63) is 35.6 Å². The van der Waals surface area contributed by atoms with Crippen LogP contribution >= 0.6 is 27.5 Å². The number of hydrogen-bond acceptors (Lipinski definition) is 4. The van der Waals surface area contributed by atoms with Crippen LogP contribution in [0.25, 0.3) is 10.8 Å². The number of ether oxygens (including phenoxy) is 2. The standard InChI is InChI=1S/C14H13BrClNO3/c1-19-14(18)12(4-6-15)20-10-2-3-11-9(8-10)5-7-17-13(11)16/h2-3,5,7-8,12H,4,6H2,1H3. The van der Waals surface area contributed by atoms with Gasteiger partial charge in [-0.05, 0) is 29.7 Å². The van der Waals surface area contributed by atoms with Crippen LogP contribution in [0.4, 0.5) is 0 Å². The van der Waals surface area contributed by atoms with Gasteiger partial charge in [0.1, 0.15) is 10.9 Å². The van der Waals surface area contributed by atoms with E-state index in [1.165, 1.54) is 7.11 Å². The summed E-state index contributed by atoms with van der Waals surface area (Å²) in [5.74, 6) is 0.202. The second-order valence-corrected chi connectivity index (χ2v) is 5.24. The first-order chi connectivity index (χ1) is 9.65. The Bertz CT molecular complexity index is 620. The number of carbonyl (C=O) groups excluding carboxylic acids is 1. The molecule has 4 nitrogen and oxygen atoms in total. The van der Waals surface area contributed by atoms with Crippen molar-refractivity contribution in [2.75, 3.05) is 12.4 Å². The Morgan fingerprint density at radius 2 is 2.25 bits per heavy atom. The third-order valence-corrected chi connectivity index (χ3v) is 3.56. The van der Waals surface area contributed by atoms with Crippen molar-refractivity contribution in [2.45, 2.75) is 12.5 Å². The van der Waals surface area contributed by atoms with Gasteiger partial charge in [-0.15, -0.1) is 0 Å². The summed E-state index contributed by atoms with van der Waals surface area (Å²) in [5, 5.41) is 2.84.